The lowest BCUT2D eigenvalue weighted by atomic mass is 10.4. The van der Waals surface area contributed by atoms with Crippen LogP contribution in [0.25, 0.3) is 10.4 Å². The van der Waals surface area contributed by atoms with Gasteiger partial charge in [-0.15, -0.1) is 0 Å². The number of nitrogens with zero attached hydrogens (tertiary/aromatic N) is 3. The molecule has 0 saturated heterocycles. The van der Waals surface area contributed by atoms with Gasteiger partial charge in [0.15, 0.2) is 0 Å². The maximum absolute atomic E-state index is 10.0. The summed E-state index contributed by atoms with van der Waals surface area (Å²) in [6.07, 6.45) is 0. The highest BCUT2D eigenvalue weighted by molar-refractivity contribution is 6.64. The lowest BCUT2D eigenvalue weighted by Gasteiger charge is -1.89. The van der Waals surface area contributed by atoms with E-state index in [4.69, 9.17) is 17.1 Å². The minimum Gasteiger partial charge on any atom is -0.281 e. The molecule has 0 heterocycles. The van der Waals surface area contributed by atoms with Gasteiger partial charge in [0.2, 0.25) is 5.24 Å². The number of carbonyl (C=O) groups excluding carboxylic acids is 1. The third-order valence-electron chi connectivity index (χ3n) is 0.553. The molecule has 8 heavy (non-hydrogen) atoms. The predicted octanol–water partition coefficient (Wildman–Crippen LogP) is 1.45. The van der Waals surface area contributed by atoms with Crippen LogP contribution in [-0.4, -0.2) is 11.3 Å². The van der Waals surface area contributed by atoms with Gasteiger partial charge < -0.3 is 0 Å². The van der Waals surface area contributed by atoms with Gasteiger partial charge in [-0.05, 0) is 24.1 Å². The van der Waals surface area contributed by atoms with Crippen molar-refractivity contribution in [1.82, 2.24) is 0 Å². The molecular weight excluding hydrogens is 130 g/mol. The number of hydrogen-bond donors (Lipinski definition) is 0. The molecule has 44 valence electrons. The minimum atomic E-state index is -0.748. The molecule has 0 aliphatic rings. The van der Waals surface area contributed by atoms with Crippen LogP contribution in [0.15, 0.2) is 5.11 Å². The number of hydrogen-bond acceptors (Lipinski definition) is 2. The van der Waals surface area contributed by atoms with Gasteiger partial charge in [-0.1, -0.05) is 5.11 Å². The maximum atomic E-state index is 10.0. The Kier molecular flexibility index (Phi) is 2.99. The van der Waals surface area contributed by atoms with Crippen LogP contribution >= 0.6 is 11.6 Å². The number of carbonyl (C=O) groups is 1. The molecular formula is C3H4ClN3O. The van der Waals surface area contributed by atoms with Crippen molar-refractivity contribution in [2.24, 2.45) is 5.11 Å². The fourth-order valence-corrected chi connectivity index (χ4v) is 0.166. The Balaban J connectivity index is 3.82. The summed E-state index contributed by atoms with van der Waals surface area (Å²) < 4.78 is 0. The first kappa shape index (κ1) is 7.27. The Morgan fingerprint density at radius 2 is 2.50 bits per heavy atom. The smallest absolute Gasteiger partial charge is 0.230 e. The van der Waals surface area contributed by atoms with Gasteiger partial charge in [0, 0.05) is 4.91 Å². The predicted molar refractivity (Wildman–Crippen MR) is 29.5 cm³/mol. The summed E-state index contributed by atoms with van der Waals surface area (Å²) in [7, 11) is 0. The average Bonchev–Trinajstić information content (AvgIpc) is 1.67. The molecule has 5 heteroatoms. The van der Waals surface area contributed by atoms with E-state index < -0.39 is 11.3 Å². The lowest BCUT2D eigenvalue weighted by molar-refractivity contribution is -0.112. The number of halogens is 1. The first-order chi connectivity index (χ1) is 3.68. The van der Waals surface area contributed by atoms with Gasteiger partial charge in [0.25, 0.3) is 0 Å². The van der Waals surface area contributed by atoms with E-state index in [1.54, 1.807) is 0 Å². The highest BCUT2D eigenvalue weighted by Crippen LogP contribution is 1.94. The van der Waals surface area contributed by atoms with E-state index in [-0.39, 0.29) is 0 Å². The topological polar surface area (TPSA) is 65.8 Å². The summed E-state index contributed by atoms with van der Waals surface area (Å²) in [4.78, 5) is 12.4. The van der Waals surface area contributed by atoms with Crippen LogP contribution < -0.4 is 0 Å². The summed E-state index contributed by atoms with van der Waals surface area (Å²) in [5, 5.41) is 2.39. The normalized spacial score (nSPS) is 11.8. The van der Waals surface area contributed by atoms with Gasteiger partial charge in [-0.3, -0.25) is 4.79 Å². The van der Waals surface area contributed by atoms with Crippen LogP contribution in [0, 0.1) is 0 Å². The second-order valence-electron chi connectivity index (χ2n) is 1.18. The molecule has 0 radical (unpaired) electrons. The van der Waals surface area contributed by atoms with Crippen LogP contribution in [0.3, 0.4) is 0 Å². The molecule has 0 aromatic carbocycles. The maximum Gasteiger partial charge on any atom is 0.230 e. The van der Waals surface area contributed by atoms with E-state index in [0.29, 0.717) is 0 Å². The highest BCUT2D eigenvalue weighted by Gasteiger charge is 2.04. The van der Waals surface area contributed by atoms with Crippen LogP contribution in [0.2, 0.25) is 0 Å². The zero-order chi connectivity index (χ0) is 6.57. The van der Waals surface area contributed by atoms with Crippen molar-refractivity contribution in [2.75, 3.05) is 0 Å². The zero-order valence-corrected chi connectivity index (χ0v) is 4.96. The van der Waals surface area contributed by atoms with Gasteiger partial charge in [0.1, 0.15) is 6.04 Å². The molecule has 1 unspecified atom stereocenters. The molecule has 0 spiro atoms. The molecule has 0 aromatic rings. The summed E-state index contributed by atoms with van der Waals surface area (Å²) >= 11 is 4.90. The fraction of sp³-hybridized carbons (Fsp3) is 0.667. The van der Waals surface area contributed by atoms with Crippen molar-refractivity contribution >= 4 is 16.8 Å². The van der Waals surface area contributed by atoms with E-state index in [1.807, 2.05) is 0 Å². The molecule has 0 aliphatic heterocycles. The Hall–Kier alpha value is -0.730. The molecule has 0 saturated carbocycles. The average molecular weight is 134 g/mol. The molecule has 0 fully saturated rings. The molecule has 0 bridgehead atoms. The molecule has 1 atom stereocenters. The summed E-state index contributed by atoms with van der Waals surface area (Å²) in [6, 6.07) is -0.748. The third-order valence-corrected chi connectivity index (χ3v) is 0.869. The second kappa shape index (κ2) is 3.29. The SMILES string of the molecule is CC(N=[N+]=[N-])C(=O)Cl. The first-order valence-electron chi connectivity index (χ1n) is 1.92. The van der Waals surface area contributed by atoms with Gasteiger partial charge in [0.05, 0.1) is 0 Å². The van der Waals surface area contributed by atoms with Crippen molar-refractivity contribution < 1.29 is 4.79 Å². The Labute approximate surface area is 51.1 Å². The lowest BCUT2D eigenvalue weighted by Crippen LogP contribution is -2.04. The van der Waals surface area contributed by atoms with Crippen LogP contribution in [0.1, 0.15) is 6.92 Å². The summed E-state index contributed by atoms with van der Waals surface area (Å²) in [5.41, 5.74) is 7.73. The molecule has 0 amide bonds. The van der Waals surface area contributed by atoms with E-state index in [0.717, 1.165) is 0 Å². The van der Waals surface area contributed by atoms with Crippen molar-refractivity contribution in [3.63, 3.8) is 0 Å². The van der Waals surface area contributed by atoms with E-state index in [1.165, 1.54) is 6.92 Å². The second-order valence-corrected chi connectivity index (χ2v) is 1.56. The molecule has 0 aromatic heterocycles. The quantitative estimate of drug-likeness (QED) is 0.243. The van der Waals surface area contributed by atoms with Crippen LogP contribution in [-0.2, 0) is 4.79 Å². The first-order valence-corrected chi connectivity index (χ1v) is 2.30. The highest BCUT2D eigenvalue weighted by atomic mass is 35.5. The van der Waals surface area contributed by atoms with Crippen molar-refractivity contribution in [3.8, 4) is 0 Å². The largest absolute Gasteiger partial charge is 0.281 e. The zero-order valence-electron chi connectivity index (χ0n) is 4.21. The van der Waals surface area contributed by atoms with E-state index in [2.05, 4.69) is 10.0 Å². The van der Waals surface area contributed by atoms with Crippen molar-refractivity contribution in [3.05, 3.63) is 10.4 Å². The number of rotatable bonds is 2. The fourth-order valence-electron chi connectivity index (χ4n) is 0.123. The Morgan fingerprint density at radius 1 is 2.00 bits per heavy atom. The van der Waals surface area contributed by atoms with Crippen molar-refractivity contribution in [1.29, 1.82) is 0 Å². The van der Waals surface area contributed by atoms with Crippen LogP contribution in [0.4, 0.5) is 0 Å². The van der Waals surface area contributed by atoms with Crippen molar-refractivity contribution in [2.45, 2.75) is 13.0 Å². The third kappa shape index (κ3) is 2.44. The summed E-state index contributed by atoms with van der Waals surface area (Å²) in [6.45, 7) is 1.43. The molecule has 4 nitrogen and oxygen atoms in total. The van der Waals surface area contributed by atoms with E-state index in [9.17, 15) is 4.79 Å². The number of azide groups is 1. The molecule has 0 rings (SSSR count). The van der Waals surface area contributed by atoms with Gasteiger partial charge in [-0.25, -0.2) is 0 Å². The monoisotopic (exact) mass is 133 g/mol. The Morgan fingerprint density at radius 3 is 2.62 bits per heavy atom. The minimum absolute atomic E-state index is 0.636. The Bertz CT molecular complexity index is 137. The molecule has 0 N–H and O–H groups in total. The van der Waals surface area contributed by atoms with Crippen LogP contribution in [0.5, 0.6) is 0 Å². The van der Waals surface area contributed by atoms with E-state index >= 15 is 0 Å². The molecule has 0 aliphatic carbocycles. The summed E-state index contributed by atoms with van der Waals surface area (Å²) in [5.74, 6) is 0. The van der Waals surface area contributed by atoms with Gasteiger partial charge >= 0.3 is 0 Å². The van der Waals surface area contributed by atoms with Gasteiger partial charge in [-0.2, -0.15) is 0 Å². The standard InChI is InChI=1S/C3H4ClN3O/c1-2(3(4)8)6-7-5/h2H,1H3.